The molecule has 3 rings (SSSR count). The van der Waals surface area contributed by atoms with Crippen LogP contribution < -0.4 is 5.32 Å². The number of ether oxygens (including phenoxy) is 1. The number of nitrogens with one attached hydrogen (secondary N) is 1. The molecule has 9 heteroatoms. The second-order valence-electron chi connectivity index (χ2n) is 7.77. The summed E-state index contributed by atoms with van der Waals surface area (Å²) in [6.07, 6.45) is 1.68. The summed E-state index contributed by atoms with van der Waals surface area (Å²) in [6.45, 7) is 6.59. The molecule has 0 saturated heterocycles. The summed E-state index contributed by atoms with van der Waals surface area (Å²) in [6, 6.07) is 17.1. The number of benzene rings is 2. The van der Waals surface area contributed by atoms with E-state index >= 15 is 0 Å². The minimum absolute atomic E-state index is 0.140. The molecular formula is C26H30N2O5S2. The number of amides is 1. The van der Waals surface area contributed by atoms with Crippen molar-refractivity contribution in [2.75, 3.05) is 25.0 Å². The summed E-state index contributed by atoms with van der Waals surface area (Å²) < 4.78 is 32.5. The van der Waals surface area contributed by atoms with Gasteiger partial charge in [-0.05, 0) is 49.2 Å². The second kappa shape index (κ2) is 12.1. The number of unbranched alkanes of at least 4 members (excludes halogenated alkanes) is 1. The van der Waals surface area contributed by atoms with Crippen molar-refractivity contribution in [3.63, 3.8) is 0 Å². The first-order valence-electron chi connectivity index (χ1n) is 11.6. The lowest BCUT2D eigenvalue weighted by Crippen LogP contribution is -2.31. The van der Waals surface area contributed by atoms with Gasteiger partial charge in [-0.1, -0.05) is 50.6 Å². The van der Waals surface area contributed by atoms with E-state index in [1.54, 1.807) is 19.9 Å². The number of nitrogens with zero attached hydrogens (tertiary/aromatic N) is 1. The normalized spacial score (nSPS) is 11.4. The van der Waals surface area contributed by atoms with Crippen LogP contribution in [0, 0.1) is 0 Å². The Labute approximate surface area is 210 Å². The van der Waals surface area contributed by atoms with Crippen LogP contribution in [0.2, 0.25) is 0 Å². The molecule has 7 nitrogen and oxygen atoms in total. The van der Waals surface area contributed by atoms with Crippen molar-refractivity contribution in [2.24, 2.45) is 0 Å². The molecule has 0 fully saturated rings. The van der Waals surface area contributed by atoms with E-state index in [0.29, 0.717) is 23.7 Å². The van der Waals surface area contributed by atoms with Gasteiger partial charge in [-0.25, -0.2) is 13.2 Å². The molecule has 1 heterocycles. The molecular weight excluding hydrogens is 484 g/mol. The molecule has 1 aromatic heterocycles. The van der Waals surface area contributed by atoms with Crippen LogP contribution in [-0.2, 0) is 14.8 Å². The molecule has 0 radical (unpaired) electrons. The summed E-state index contributed by atoms with van der Waals surface area (Å²) in [5, 5.41) is 2.79. The number of esters is 1. The zero-order chi connectivity index (χ0) is 25.4. The average molecular weight is 515 g/mol. The first-order valence-corrected chi connectivity index (χ1v) is 13.8. The van der Waals surface area contributed by atoms with Crippen molar-refractivity contribution in [1.29, 1.82) is 0 Å². The van der Waals surface area contributed by atoms with Crippen molar-refractivity contribution in [2.45, 2.75) is 38.5 Å². The maximum Gasteiger partial charge on any atom is 0.350 e. The monoisotopic (exact) mass is 514 g/mol. The van der Waals surface area contributed by atoms with E-state index in [9.17, 15) is 18.0 Å². The number of hydrogen-bond acceptors (Lipinski definition) is 6. The molecule has 0 unspecified atom stereocenters. The molecule has 0 saturated carbocycles. The lowest BCUT2D eigenvalue weighted by Gasteiger charge is -2.20. The molecule has 3 aromatic rings. The quantitative estimate of drug-likeness (QED) is 0.334. The van der Waals surface area contributed by atoms with Gasteiger partial charge in [0, 0.05) is 23.5 Å². The average Bonchev–Trinajstić information content (AvgIpc) is 3.29. The van der Waals surface area contributed by atoms with E-state index in [-0.39, 0.29) is 17.1 Å². The smallest absolute Gasteiger partial charge is 0.350 e. The van der Waals surface area contributed by atoms with E-state index in [0.717, 1.165) is 23.3 Å². The number of hydrogen-bond donors (Lipinski definition) is 1. The fourth-order valence-electron chi connectivity index (χ4n) is 3.48. The maximum atomic E-state index is 13.0. The minimum Gasteiger partial charge on any atom is -0.462 e. The largest absolute Gasteiger partial charge is 0.462 e. The van der Waals surface area contributed by atoms with Crippen LogP contribution in [0.1, 0.15) is 53.6 Å². The summed E-state index contributed by atoms with van der Waals surface area (Å²) in [7, 11) is -3.63. The Hall–Kier alpha value is -3.01. The number of carbonyl (C=O) groups excluding carboxylic acids is 2. The van der Waals surface area contributed by atoms with Crippen LogP contribution >= 0.6 is 11.3 Å². The van der Waals surface area contributed by atoms with E-state index in [2.05, 4.69) is 5.32 Å². The predicted octanol–water partition coefficient (Wildman–Crippen LogP) is 5.65. The van der Waals surface area contributed by atoms with E-state index in [1.807, 2.05) is 37.3 Å². The van der Waals surface area contributed by atoms with Crippen molar-refractivity contribution in [3.8, 4) is 10.4 Å². The third-order valence-electron chi connectivity index (χ3n) is 5.37. The lowest BCUT2D eigenvalue weighted by atomic mass is 10.2. The summed E-state index contributed by atoms with van der Waals surface area (Å²) in [5.41, 5.74) is 1.55. The molecule has 0 spiro atoms. The summed E-state index contributed by atoms with van der Waals surface area (Å²) >= 11 is 1.24. The predicted molar refractivity (Wildman–Crippen MR) is 139 cm³/mol. The third-order valence-corrected chi connectivity index (χ3v) is 8.52. The molecule has 0 atom stereocenters. The third kappa shape index (κ3) is 6.36. The Morgan fingerprint density at radius 3 is 2.29 bits per heavy atom. The van der Waals surface area contributed by atoms with Gasteiger partial charge in [0.15, 0.2) is 0 Å². The Kier molecular flexibility index (Phi) is 9.20. The molecule has 1 N–H and O–H groups in total. The summed E-state index contributed by atoms with van der Waals surface area (Å²) in [4.78, 5) is 26.7. The van der Waals surface area contributed by atoms with Crippen LogP contribution in [0.5, 0.6) is 0 Å². The van der Waals surface area contributed by atoms with Gasteiger partial charge in [-0.15, -0.1) is 11.3 Å². The molecule has 2 aromatic carbocycles. The Morgan fingerprint density at radius 2 is 1.69 bits per heavy atom. The highest BCUT2D eigenvalue weighted by atomic mass is 32.2. The van der Waals surface area contributed by atoms with Gasteiger partial charge < -0.3 is 10.1 Å². The molecule has 186 valence electrons. The highest BCUT2D eigenvalue weighted by Crippen LogP contribution is 2.35. The molecule has 1 amide bonds. The first kappa shape index (κ1) is 26.6. The van der Waals surface area contributed by atoms with Gasteiger partial charge >= 0.3 is 5.97 Å². The molecule has 0 bridgehead atoms. The van der Waals surface area contributed by atoms with Gasteiger partial charge in [0.2, 0.25) is 10.0 Å². The standard InChI is InChI=1S/C26H30N2O5S2/c1-4-7-17-28(5-2)35(31,32)21-15-13-20(14-16-21)25(29)27-22-18-23(19-11-9-8-10-12-19)34-24(22)26(30)33-6-3/h8-16,18H,4-7,17H2,1-3H3,(H,27,29). The number of anilines is 1. The number of sulfonamides is 1. The number of carbonyl (C=O) groups is 2. The molecule has 0 aliphatic heterocycles. The fraction of sp³-hybridized carbons (Fsp3) is 0.308. The Morgan fingerprint density at radius 1 is 1.00 bits per heavy atom. The fourth-order valence-corrected chi connectivity index (χ4v) is 5.98. The van der Waals surface area contributed by atoms with E-state index < -0.39 is 21.9 Å². The minimum atomic E-state index is -3.63. The highest BCUT2D eigenvalue weighted by molar-refractivity contribution is 7.89. The number of thiophene rings is 1. The van der Waals surface area contributed by atoms with Gasteiger partial charge in [-0.2, -0.15) is 4.31 Å². The summed E-state index contributed by atoms with van der Waals surface area (Å²) in [5.74, 6) is -0.960. The number of rotatable bonds is 11. The second-order valence-corrected chi connectivity index (χ2v) is 10.8. The zero-order valence-electron chi connectivity index (χ0n) is 20.1. The van der Waals surface area contributed by atoms with Gasteiger partial charge in [0.1, 0.15) is 4.88 Å². The first-order chi connectivity index (χ1) is 16.8. The van der Waals surface area contributed by atoms with Crippen molar-refractivity contribution >= 4 is 38.9 Å². The highest BCUT2D eigenvalue weighted by Gasteiger charge is 2.24. The van der Waals surface area contributed by atoms with Crippen LogP contribution in [0.4, 0.5) is 5.69 Å². The van der Waals surface area contributed by atoms with Crippen LogP contribution in [0.3, 0.4) is 0 Å². The Bertz CT molecular complexity index is 1250. The van der Waals surface area contributed by atoms with Crippen LogP contribution in [0.25, 0.3) is 10.4 Å². The van der Waals surface area contributed by atoms with E-state index in [4.69, 9.17) is 4.74 Å². The van der Waals surface area contributed by atoms with Gasteiger partial charge in [0.05, 0.1) is 17.2 Å². The zero-order valence-corrected chi connectivity index (χ0v) is 21.7. The topological polar surface area (TPSA) is 92.8 Å². The SMILES string of the molecule is CCCCN(CC)S(=O)(=O)c1ccc(C(=O)Nc2cc(-c3ccccc3)sc2C(=O)OCC)cc1. The van der Waals surface area contributed by atoms with Crippen LogP contribution in [-0.4, -0.2) is 44.3 Å². The van der Waals surface area contributed by atoms with Crippen LogP contribution in [0.15, 0.2) is 65.6 Å². The molecule has 35 heavy (non-hydrogen) atoms. The van der Waals surface area contributed by atoms with Crippen molar-refractivity contribution in [1.82, 2.24) is 4.31 Å². The molecule has 0 aliphatic carbocycles. The van der Waals surface area contributed by atoms with Gasteiger partial charge in [0.25, 0.3) is 5.91 Å². The van der Waals surface area contributed by atoms with Crippen molar-refractivity contribution < 1.29 is 22.7 Å². The van der Waals surface area contributed by atoms with E-state index in [1.165, 1.54) is 39.9 Å². The van der Waals surface area contributed by atoms with Gasteiger partial charge in [-0.3, -0.25) is 4.79 Å². The molecule has 0 aliphatic rings. The van der Waals surface area contributed by atoms with Crippen molar-refractivity contribution in [3.05, 3.63) is 71.1 Å². The maximum absolute atomic E-state index is 13.0. The Balaban J connectivity index is 1.84. The lowest BCUT2D eigenvalue weighted by molar-refractivity contribution is 0.0533.